The van der Waals surface area contributed by atoms with E-state index in [1.807, 2.05) is 42.5 Å². The third-order valence-electron chi connectivity index (χ3n) is 4.42. The molecule has 3 rings (SSSR count). The lowest BCUT2D eigenvalue weighted by Gasteiger charge is -2.19. The van der Waals surface area contributed by atoms with Crippen LogP contribution in [0.2, 0.25) is 0 Å². The van der Waals surface area contributed by atoms with Crippen LogP contribution in [0.4, 0.5) is 5.69 Å². The van der Waals surface area contributed by atoms with E-state index in [0.717, 1.165) is 25.3 Å². The van der Waals surface area contributed by atoms with Crippen molar-refractivity contribution in [3.8, 4) is 11.5 Å². The van der Waals surface area contributed by atoms with Gasteiger partial charge in [-0.15, -0.1) is 0 Å². The molecule has 1 unspecified atom stereocenters. The van der Waals surface area contributed by atoms with Crippen LogP contribution in [0.25, 0.3) is 0 Å². The number of para-hydroxylation sites is 1. The molecule has 0 aromatic heterocycles. The van der Waals surface area contributed by atoms with Crippen LogP contribution >= 0.6 is 0 Å². The summed E-state index contributed by atoms with van der Waals surface area (Å²) in [5, 5.41) is 2.97. The summed E-state index contributed by atoms with van der Waals surface area (Å²) < 4.78 is 10.7. The number of hydrogen-bond donors (Lipinski definition) is 1. The van der Waals surface area contributed by atoms with Crippen molar-refractivity contribution in [2.24, 2.45) is 5.92 Å². The average Bonchev–Trinajstić information content (AvgIpc) is 3.14. The van der Waals surface area contributed by atoms with Crippen molar-refractivity contribution in [2.45, 2.75) is 6.42 Å². The molecule has 1 aliphatic rings. The number of ether oxygens (including phenoxy) is 2. The summed E-state index contributed by atoms with van der Waals surface area (Å²) in [5.74, 6) is 1.96. The maximum Gasteiger partial charge on any atom is 0.257 e. The van der Waals surface area contributed by atoms with Gasteiger partial charge in [0.25, 0.3) is 5.91 Å². The molecule has 1 saturated heterocycles. The van der Waals surface area contributed by atoms with Crippen molar-refractivity contribution in [2.75, 3.05) is 38.3 Å². The van der Waals surface area contributed by atoms with Gasteiger partial charge < -0.3 is 19.7 Å². The molecule has 5 nitrogen and oxygen atoms in total. The number of benzene rings is 2. The highest BCUT2D eigenvalue weighted by atomic mass is 16.5. The summed E-state index contributed by atoms with van der Waals surface area (Å²) in [7, 11) is 1.67. The third-order valence-corrected chi connectivity index (χ3v) is 4.42. The Morgan fingerprint density at radius 3 is 2.60 bits per heavy atom. The summed E-state index contributed by atoms with van der Waals surface area (Å²) in [6, 6.07) is 17.5. The van der Waals surface area contributed by atoms with Gasteiger partial charge in [0, 0.05) is 25.3 Å². The van der Waals surface area contributed by atoms with Crippen LogP contribution in [0.1, 0.15) is 6.42 Å². The molecule has 1 fully saturated rings. The first kappa shape index (κ1) is 17.1. The Balaban J connectivity index is 1.39. The fraction of sp³-hybridized carbons (Fsp3) is 0.350. The lowest BCUT2D eigenvalue weighted by Crippen LogP contribution is -2.34. The first-order chi connectivity index (χ1) is 12.2. The molecule has 25 heavy (non-hydrogen) atoms. The van der Waals surface area contributed by atoms with Gasteiger partial charge in [0.05, 0.1) is 7.11 Å². The van der Waals surface area contributed by atoms with Gasteiger partial charge in [-0.2, -0.15) is 0 Å². The average molecular weight is 340 g/mol. The normalized spacial score (nSPS) is 16.5. The van der Waals surface area contributed by atoms with Gasteiger partial charge in [-0.1, -0.05) is 18.2 Å². The van der Waals surface area contributed by atoms with Gasteiger partial charge in [0.2, 0.25) is 0 Å². The minimum absolute atomic E-state index is 0.0545. The van der Waals surface area contributed by atoms with Crippen molar-refractivity contribution < 1.29 is 14.3 Å². The lowest BCUT2D eigenvalue weighted by molar-refractivity contribution is -0.123. The SMILES string of the molecule is COc1ccc(N2CCC(CNC(=O)COc3ccccc3)C2)cc1. The second-order valence-electron chi connectivity index (χ2n) is 6.20. The highest BCUT2D eigenvalue weighted by Crippen LogP contribution is 2.25. The predicted octanol–water partition coefficient (Wildman–Crippen LogP) is 2.72. The highest BCUT2D eigenvalue weighted by Gasteiger charge is 2.23. The molecule has 5 heteroatoms. The van der Waals surface area contributed by atoms with Crippen LogP contribution in [-0.2, 0) is 4.79 Å². The molecule has 0 saturated carbocycles. The van der Waals surface area contributed by atoms with E-state index in [0.29, 0.717) is 18.2 Å². The van der Waals surface area contributed by atoms with Gasteiger partial charge in [-0.05, 0) is 48.7 Å². The Hall–Kier alpha value is -2.69. The molecule has 1 aliphatic heterocycles. The summed E-state index contributed by atoms with van der Waals surface area (Å²) in [5.41, 5.74) is 1.20. The molecule has 2 aromatic rings. The van der Waals surface area contributed by atoms with Crippen molar-refractivity contribution >= 4 is 11.6 Å². The van der Waals surface area contributed by atoms with Crippen molar-refractivity contribution in [1.29, 1.82) is 0 Å². The number of methoxy groups -OCH3 is 1. The number of rotatable bonds is 7. The Kier molecular flexibility index (Phi) is 5.77. The maximum atomic E-state index is 11.9. The number of carbonyl (C=O) groups is 1. The molecule has 2 aromatic carbocycles. The van der Waals surface area contributed by atoms with Gasteiger partial charge in [0.15, 0.2) is 6.61 Å². The van der Waals surface area contributed by atoms with E-state index in [1.165, 1.54) is 5.69 Å². The lowest BCUT2D eigenvalue weighted by atomic mass is 10.1. The summed E-state index contributed by atoms with van der Waals surface area (Å²) in [4.78, 5) is 14.3. The van der Waals surface area contributed by atoms with E-state index in [4.69, 9.17) is 9.47 Å². The smallest absolute Gasteiger partial charge is 0.257 e. The summed E-state index contributed by atoms with van der Waals surface area (Å²) in [6.07, 6.45) is 1.08. The Bertz CT molecular complexity index is 673. The number of amides is 1. The third kappa shape index (κ3) is 4.89. The first-order valence-corrected chi connectivity index (χ1v) is 8.58. The largest absolute Gasteiger partial charge is 0.497 e. The number of nitrogens with one attached hydrogen (secondary N) is 1. The molecule has 1 N–H and O–H groups in total. The van der Waals surface area contributed by atoms with Crippen LogP contribution < -0.4 is 19.7 Å². The van der Waals surface area contributed by atoms with E-state index >= 15 is 0 Å². The van der Waals surface area contributed by atoms with Crippen molar-refractivity contribution in [3.05, 3.63) is 54.6 Å². The molecular formula is C20H24N2O3. The quantitative estimate of drug-likeness (QED) is 0.842. The van der Waals surface area contributed by atoms with Crippen LogP contribution in [0, 0.1) is 5.92 Å². The van der Waals surface area contributed by atoms with E-state index in [9.17, 15) is 4.79 Å². The van der Waals surface area contributed by atoms with Crippen LogP contribution in [0.15, 0.2) is 54.6 Å². The molecule has 0 bridgehead atoms. The second-order valence-corrected chi connectivity index (χ2v) is 6.20. The topological polar surface area (TPSA) is 50.8 Å². The maximum absolute atomic E-state index is 11.9. The Labute approximate surface area is 148 Å². The molecule has 0 radical (unpaired) electrons. The molecule has 0 aliphatic carbocycles. The Morgan fingerprint density at radius 1 is 1.12 bits per heavy atom. The number of anilines is 1. The zero-order valence-electron chi connectivity index (χ0n) is 14.5. The van der Waals surface area contributed by atoms with E-state index in [-0.39, 0.29) is 12.5 Å². The molecule has 1 heterocycles. The molecule has 132 valence electrons. The molecule has 1 amide bonds. The highest BCUT2D eigenvalue weighted by molar-refractivity contribution is 5.77. The number of nitrogens with zero attached hydrogens (tertiary/aromatic N) is 1. The van der Waals surface area contributed by atoms with E-state index < -0.39 is 0 Å². The zero-order chi connectivity index (χ0) is 17.5. The number of hydrogen-bond acceptors (Lipinski definition) is 4. The zero-order valence-corrected chi connectivity index (χ0v) is 14.5. The molecule has 1 atom stereocenters. The first-order valence-electron chi connectivity index (χ1n) is 8.58. The van der Waals surface area contributed by atoms with Gasteiger partial charge in [-0.3, -0.25) is 4.79 Å². The molecule has 0 spiro atoms. The minimum atomic E-state index is -0.0771. The van der Waals surface area contributed by atoms with Crippen LogP contribution in [0.5, 0.6) is 11.5 Å². The Morgan fingerprint density at radius 2 is 1.88 bits per heavy atom. The minimum Gasteiger partial charge on any atom is -0.497 e. The fourth-order valence-electron chi connectivity index (χ4n) is 3.00. The van der Waals surface area contributed by atoms with Crippen molar-refractivity contribution in [1.82, 2.24) is 5.32 Å². The predicted molar refractivity (Wildman–Crippen MR) is 98.3 cm³/mol. The molecular weight excluding hydrogens is 316 g/mol. The van der Waals surface area contributed by atoms with Crippen LogP contribution in [0.3, 0.4) is 0 Å². The number of carbonyl (C=O) groups excluding carboxylic acids is 1. The second kappa shape index (κ2) is 8.42. The van der Waals surface area contributed by atoms with E-state index in [2.05, 4.69) is 22.3 Å². The van der Waals surface area contributed by atoms with Crippen molar-refractivity contribution in [3.63, 3.8) is 0 Å². The van der Waals surface area contributed by atoms with E-state index in [1.54, 1.807) is 7.11 Å². The van der Waals surface area contributed by atoms with Gasteiger partial charge in [-0.25, -0.2) is 0 Å². The van der Waals surface area contributed by atoms with Gasteiger partial charge in [0.1, 0.15) is 11.5 Å². The van der Waals surface area contributed by atoms with Crippen LogP contribution in [-0.4, -0.2) is 39.3 Å². The monoisotopic (exact) mass is 340 g/mol. The van der Waals surface area contributed by atoms with Gasteiger partial charge >= 0.3 is 0 Å². The summed E-state index contributed by atoms with van der Waals surface area (Å²) in [6.45, 7) is 2.70. The summed E-state index contributed by atoms with van der Waals surface area (Å²) >= 11 is 0. The standard InChI is InChI=1S/C20H24N2O3/c1-24-18-9-7-17(8-10-18)22-12-11-16(14-22)13-21-20(23)15-25-19-5-3-2-4-6-19/h2-10,16H,11-15H2,1H3,(H,21,23). The fourth-order valence-corrected chi connectivity index (χ4v) is 3.00.